The van der Waals surface area contributed by atoms with Gasteiger partial charge in [0.05, 0.1) is 13.2 Å². The van der Waals surface area contributed by atoms with Crippen LogP contribution in [-0.4, -0.2) is 60.3 Å². The van der Waals surface area contributed by atoms with Gasteiger partial charge >= 0.3 is 0 Å². The van der Waals surface area contributed by atoms with Crippen LogP contribution in [0.15, 0.2) is 12.3 Å². The van der Waals surface area contributed by atoms with Gasteiger partial charge in [-0.3, -0.25) is 4.90 Å². The molecule has 1 atom stereocenters. The minimum atomic E-state index is 0.322. The molecule has 3 heterocycles. The van der Waals surface area contributed by atoms with Gasteiger partial charge < -0.3 is 9.64 Å². The van der Waals surface area contributed by atoms with Crippen molar-refractivity contribution in [1.29, 1.82) is 0 Å². The molecule has 2 aliphatic rings. The van der Waals surface area contributed by atoms with Crippen LogP contribution in [0, 0.1) is 0 Å². The molecule has 0 spiro atoms. The third-order valence-corrected chi connectivity index (χ3v) is 3.84. The minimum absolute atomic E-state index is 0.322. The number of nitrogens with zero attached hydrogens (tertiary/aromatic N) is 4. The van der Waals surface area contributed by atoms with Crippen molar-refractivity contribution in [3.63, 3.8) is 0 Å². The number of hydrogen-bond acceptors (Lipinski definition) is 5. The summed E-state index contributed by atoms with van der Waals surface area (Å²) in [6.45, 7) is 5.86. The van der Waals surface area contributed by atoms with E-state index >= 15 is 0 Å². The zero-order chi connectivity index (χ0) is 12.4. The maximum absolute atomic E-state index is 5.83. The van der Waals surface area contributed by atoms with Crippen LogP contribution in [0.3, 0.4) is 0 Å². The normalized spacial score (nSPS) is 25.6. The maximum atomic E-state index is 5.83. The van der Waals surface area contributed by atoms with E-state index in [1.54, 1.807) is 6.20 Å². The van der Waals surface area contributed by atoms with Gasteiger partial charge in [-0.15, -0.1) is 0 Å². The molecule has 0 amide bonds. The molecular formula is C12H17ClN4O. The SMILES string of the molecule is Clc1nccc(N2CCC(N3CCOCC3)C2)n1. The lowest BCUT2D eigenvalue weighted by Crippen LogP contribution is -2.44. The fraction of sp³-hybridized carbons (Fsp3) is 0.667. The topological polar surface area (TPSA) is 41.5 Å². The molecule has 18 heavy (non-hydrogen) atoms. The summed E-state index contributed by atoms with van der Waals surface area (Å²) in [6.07, 6.45) is 2.90. The Bertz CT molecular complexity index is 411. The van der Waals surface area contributed by atoms with Crippen molar-refractivity contribution in [2.45, 2.75) is 12.5 Å². The van der Waals surface area contributed by atoms with Crippen LogP contribution in [0.4, 0.5) is 5.82 Å². The Morgan fingerprint density at radius 1 is 1.28 bits per heavy atom. The fourth-order valence-electron chi connectivity index (χ4n) is 2.69. The van der Waals surface area contributed by atoms with E-state index in [0.717, 1.165) is 45.2 Å². The minimum Gasteiger partial charge on any atom is -0.379 e. The first-order valence-corrected chi connectivity index (χ1v) is 6.76. The monoisotopic (exact) mass is 268 g/mol. The summed E-state index contributed by atoms with van der Waals surface area (Å²) in [5, 5.41) is 0.322. The quantitative estimate of drug-likeness (QED) is 0.750. The van der Waals surface area contributed by atoms with E-state index in [0.29, 0.717) is 11.3 Å². The smallest absolute Gasteiger partial charge is 0.224 e. The summed E-state index contributed by atoms with van der Waals surface area (Å²) in [7, 11) is 0. The Hall–Kier alpha value is -0.910. The molecule has 0 aromatic carbocycles. The number of hydrogen-bond donors (Lipinski definition) is 0. The average molecular weight is 269 g/mol. The summed E-state index contributed by atoms with van der Waals surface area (Å²) >= 11 is 5.83. The van der Waals surface area contributed by atoms with Crippen molar-refractivity contribution in [1.82, 2.24) is 14.9 Å². The van der Waals surface area contributed by atoms with Crippen LogP contribution in [0.2, 0.25) is 5.28 Å². The van der Waals surface area contributed by atoms with Gasteiger partial charge in [0.1, 0.15) is 5.82 Å². The highest BCUT2D eigenvalue weighted by Gasteiger charge is 2.29. The van der Waals surface area contributed by atoms with Crippen molar-refractivity contribution >= 4 is 17.4 Å². The van der Waals surface area contributed by atoms with Crippen LogP contribution >= 0.6 is 11.6 Å². The molecule has 98 valence electrons. The number of halogens is 1. The van der Waals surface area contributed by atoms with Crippen molar-refractivity contribution in [3.05, 3.63) is 17.5 Å². The van der Waals surface area contributed by atoms with Crippen molar-refractivity contribution in [2.24, 2.45) is 0 Å². The number of ether oxygens (including phenoxy) is 1. The van der Waals surface area contributed by atoms with Crippen LogP contribution in [-0.2, 0) is 4.74 Å². The van der Waals surface area contributed by atoms with Gasteiger partial charge in [0.25, 0.3) is 0 Å². The molecule has 5 nitrogen and oxygen atoms in total. The Labute approximate surface area is 112 Å². The predicted molar refractivity (Wildman–Crippen MR) is 70.1 cm³/mol. The van der Waals surface area contributed by atoms with E-state index in [2.05, 4.69) is 19.8 Å². The first-order valence-electron chi connectivity index (χ1n) is 6.38. The molecule has 3 rings (SSSR count). The zero-order valence-corrected chi connectivity index (χ0v) is 11.0. The van der Waals surface area contributed by atoms with E-state index in [1.807, 2.05) is 6.07 Å². The largest absolute Gasteiger partial charge is 0.379 e. The third kappa shape index (κ3) is 2.58. The molecule has 1 aromatic heterocycles. The Kier molecular flexibility index (Phi) is 3.63. The van der Waals surface area contributed by atoms with E-state index < -0.39 is 0 Å². The number of morpholine rings is 1. The first kappa shape index (κ1) is 12.1. The standard InChI is InChI=1S/C12H17ClN4O/c13-12-14-3-1-11(15-12)17-4-2-10(9-17)16-5-7-18-8-6-16/h1,3,10H,2,4-9H2. The van der Waals surface area contributed by atoms with Crippen LogP contribution < -0.4 is 4.90 Å². The fourth-order valence-corrected chi connectivity index (χ4v) is 2.84. The second-order valence-corrected chi connectivity index (χ2v) is 5.06. The second kappa shape index (κ2) is 5.38. The number of anilines is 1. The highest BCUT2D eigenvalue weighted by Crippen LogP contribution is 2.22. The lowest BCUT2D eigenvalue weighted by atomic mass is 10.2. The summed E-state index contributed by atoms with van der Waals surface area (Å²) < 4.78 is 5.39. The van der Waals surface area contributed by atoms with Crippen molar-refractivity contribution in [2.75, 3.05) is 44.3 Å². The van der Waals surface area contributed by atoms with Gasteiger partial charge in [-0.25, -0.2) is 9.97 Å². The lowest BCUT2D eigenvalue weighted by molar-refractivity contribution is 0.0209. The van der Waals surface area contributed by atoms with Crippen LogP contribution in [0.1, 0.15) is 6.42 Å². The maximum Gasteiger partial charge on any atom is 0.224 e. The van der Waals surface area contributed by atoms with Gasteiger partial charge in [0, 0.05) is 38.4 Å². The molecule has 0 N–H and O–H groups in total. The van der Waals surface area contributed by atoms with Gasteiger partial charge in [-0.1, -0.05) is 0 Å². The Morgan fingerprint density at radius 2 is 2.11 bits per heavy atom. The highest BCUT2D eigenvalue weighted by atomic mass is 35.5. The molecule has 0 radical (unpaired) electrons. The van der Waals surface area contributed by atoms with Crippen molar-refractivity contribution < 1.29 is 4.74 Å². The molecule has 2 saturated heterocycles. The number of rotatable bonds is 2. The average Bonchev–Trinajstić information content (AvgIpc) is 2.89. The van der Waals surface area contributed by atoms with Crippen LogP contribution in [0.5, 0.6) is 0 Å². The van der Waals surface area contributed by atoms with Crippen molar-refractivity contribution in [3.8, 4) is 0 Å². The van der Waals surface area contributed by atoms with Gasteiger partial charge in [0.15, 0.2) is 0 Å². The Morgan fingerprint density at radius 3 is 2.89 bits per heavy atom. The van der Waals surface area contributed by atoms with Gasteiger partial charge in [0.2, 0.25) is 5.28 Å². The third-order valence-electron chi connectivity index (χ3n) is 3.66. The highest BCUT2D eigenvalue weighted by molar-refractivity contribution is 6.28. The molecular weight excluding hydrogens is 252 g/mol. The van der Waals surface area contributed by atoms with Crippen LogP contribution in [0.25, 0.3) is 0 Å². The molecule has 2 aliphatic heterocycles. The molecule has 6 heteroatoms. The molecule has 1 unspecified atom stereocenters. The van der Waals surface area contributed by atoms with Gasteiger partial charge in [-0.2, -0.15) is 0 Å². The zero-order valence-electron chi connectivity index (χ0n) is 10.3. The van der Waals surface area contributed by atoms with E-state index in [1.165, 1.54) is 6.42 Å². The molecule has 2 fully saturated rings. The molecule has 0 saturated carbocycles. The summed E-state index contributed by atoms with van der Waals surface area (Å²) in [5.74, 6) is 0.936. The molecule has 1 aromatic rings. The van der Waals surface area contributed by atoms with E-state index in [4.69, 9.17) is 16.3 Å². The molecule has 0 bridgehead atoms. The van der Waals surface area contributed by atoms with Gasteiger partial charge in [-0.05, 0) is 24.1 Å². The number of aromatic nitrogens is 2. The molecule has 0 aliphatic carbocycles. The van der Waals surface area contributed by atoms with E-state index in [-0.39, 0.29) is 0 Å². The lowest BCUT2D eigenvalue weighted by Gasteiger charge is -2.32. The Balaban J connectivity index is 1.64. The second-order valence-electron chi connectivity index (χ2n) is 4.72. The van der Waals surface area contributed by atoms with E-state index in [9.17, 15) is 0 Å². The predicted octanol–water partition coefficient (Wildman–Crippen LogP) is 1.04. The summed E-state index contributed by atoms with van der Waals surface area (Å²) in [6, 6.07) is 2.54. The summed E-state index contributed by atoms with van der Waals surface area (Å²) in [5.41, 5.74) is 0. The first-order chi connectivity index (χ1) is 8.83. The summed E-state index contributed by atoms with van der Waals surface area (Å²) in [4.78, 5) is 13.0.